The van der Waals surface area contributed by atoms with Crippen LogP contribution in [0.25, 0.3) is 0 Å². The van der Waals surface area contributed by atoms with Gasteiger partial charge in [-0.15, -0.1) is 0 Å². The normalized spacial score (nSPS) is 13.2. The van der Waals surface area contributed by atoms with E-state index >= 15 is 0 Å². The van der Waals surface area contributed by atoms with Crippen LogP contribution in [0.4, 0.5) is 12.9 Å². The van der Waals surface area contributed by atoms with E-state index in [9.17, 15) is 12.9 Å². The minimum Gasteiger partial charge on any atom is -0.448 e. The molecule has 0 fully saturated rings. The Bertz CT molecular complexity index is 171. The Morgan fingerprint density at radius 3 is 1.93 bits per heavy atom. The predicted molar refractivity (Wildman–Crippen MR) is 58.9 cm³/mol. The topological polar surface area (TPSA) is 6.48 Å². The van der Waals surface area contributed by atoms with Gasteiger partial charge in [0.2, 0.25) is 0 Å². The van der Waals surface area contributed by atoms with E-state index < -0.39 is 13.4 Å². The Morgan fingerprint density at radius 1 is 1.07 bits per heavy atom. The minimum atomic E-state index is -4.71. The van der Waals surface area contributed by atoms with Crippen LogP contribution in [0.15, 0.2) is 0 Å². The van der Waals surface area contributed by atoms with Gasteiger partial charge in [-0.25, -0.2) is 0 Å². The van der Waals surface area contributed by atoms with Crippen LogP contribution in [-0.4, -0.2) is 57.0 Å². The summed E-state index contributed by atoms with van der Waals surface area (Å²) in [6.07, 6.45) is -0.744. The lowest BCUT2D eigenvalue weighted by molar-refractivity contribution is 0.226. The zero-order valence-corrected chi connectivity index (χ0v) is 10.0. The Balaban J connectivity index is 4.07. The highest BCUT2D eigenvalue weighted by atomic mass is 19.4. The highest BCUT2D eigenvalue weighted by molar-refractivity contribution is 6.58. The molecule has 15 heavy (non-hydrogen) atoms. The molecule has 0 rings (SSSR count). The molecule has 0 aromatic heterocycles. The molecule has 0 radical (unpaired) electrons. The van der Waals surface area contributed by atoms with Crippen LogP contribution in [0.5, 0.6) is 0 Å². The molecule has 0 aliphatic carbocycles. The quantitative estimate of drug-likeness (QED) is 0.610. The molecule has 6 heteroatoms. The molecule has 0 amide bonds. The van der Waals surface area contributed by atoms with E-state index in [0.717, 1.165) is 0 Å². The lowest BCUT2D eigenvalue weighted by atomic mass is 9.90. The van der Waals surface area contributed by atoms with Gasteiger partial charge in [-0.2, -0.15) is 0 Å². The van der Waals surface area contributed by atoms with Gasteiger partial charge in [0.15, 0.2) is 0 Å². The van der Waals surface area contributed by atoms with Crippen molar-refractivity contribution in [1.82, 2.24) is 9.80 Å². The summed E-state index contributed by atoms with van der Waals surface area (Å²) in [5.41, 5.74) is 0. The first-order chi connectivity index (χ1) is 6.70. The van der Waals surface area contributed by atoms with E-state index in [-0.39, 0.29) is 5.92 Å². The average molecular weight is 225 g/mol. The molecular weight excluding hydrogens is 204 g/mol. The van der Waals surface area contributed by atoms with Crippen LogP contribution in [-0.2, 0) is 0 Å². The number of hydrogen-bond donors (Lipinski definition) is 0. The molecule has 0 N–H and O–H groups in total. The highest BCUT2D eigenvalue weighted by Gasteiger charge is 2.26. The molecular formula is C9H21BF3N2-. The van der Waals surface area contributed by atoms with E-state index in [1.165, 1.54) is 4.90 Å². The fourth-order valence-electron chi connectivity index (χ4n) is 1.41. The Labute approximate surface area is 90.5 Å². The number of nitrogens with zero attached hydrogens (tertiary/aromatic N) is 2. The zero-order valence-electron chi connectivity index (χ0n) is 10.0. The van der Waals surface area contributed by atoms with E-state index in [2.05, 4.69) is 0 Å². The van der Waals surface area contributed by atoms with Gasteiger partial charge in [-0.3, -0.25) is 0 Å². The molecule has 0 unspecified atom stereocenters. The van der Waals surface area contributed by atoms with Gasteiger partial charge in [0, 0.05) is 13.1 Å². The first-order valence-electron chi connectivity index (χ1n) is 5.29. The number of halogens is 3. The van der Waals surface area contributed by atoms with Gasteiger partial charge in [0.1, 0.15) is 0 Å². The molecule has 0 atom stereocenters. The summed E-state index contributed by atoms with van der Waals surface area (Å²) in [5, 5.41) is 0. The van der Waals surface area contributed by atoms with Gasteiger partial charge in [-0.05, 0) is 33.0 Å². The lowest BCUT2D eigenvalue weighted by Gasteiger charge is -2.30. The summed E-state index contributed by atoms with van der Waals surface area (Å²) in [6, 6.07) is 0. The van der Waals surface area contributed by atoms with Gasteiger partial charge < -0.3 is 22.7 Å². The van der Waals surface area contributed by atoms with Crippen molar-refractivity contribution in [2.24, 2.45) is 5.92 Å². The summed E-state index contributed by atoms with van der Waals surface area (Å²) in [5.74, 6) is 0.269. The molecule has 0 aliphatic rings. The maximum atomic E-state index is 12.3. The van der Waals surface area contributed by atoms with Crippen molar-refractivity contribution in [2.75, 3.05) is 40.2 Å². The fourth-order valence-corrected chi connectivity index (χ4v) is 1.41. The van der Waals surface area contributed by atoms with Crippen molar-refractivity contribution >= 4 is 6.98 Å². The maximum absolute atomic E-state index is 12.3. The largest absolute Gasteiger partial charge is 0.492 e. The monoisotopic (exact) mass is 225 g/mol. The number of hydrogen-bond acceptors (Lipinski definition) is 2. The van der Waals surface area contributed by atoms with Crippen LogP contribution < -0.4 is 0 Å². The molecule has 92 valence electrons. The highest BCUT2D eigenvalue weighted by Crippen LogP contribution is 2.11. The van der Waals surface area contributed by atoms with Crippen molar-refractivity contribution in [3.05, 3.63) is 0 Å². The van der Waals surface area contributed by atoms with Gasteiger partial charge in [0.05, 0.1) is 0 Å². The van der Waals surface area contributed by atoms with Crippen molar-refractivity contribution in [3.8, 4) is 0 Å². The summed E-state index contributed by atoms with van der Waals surface area (Å²) >= 11 is 0. The molecule has 0 heterocycles. The molecule has 0 bridgehead atoms. The molecule has 0 saturated carbocycles. The van der Waals surface area contributed by atoms with E-state index in [1.807, 2.05) is 32.8 Å². The average Bonchev–Trinajstić information content (AvgIpc) is 1.95. The molecule has 0 aromatic rings. The second-order valence-electron chi connectivity index (χ2n) is 4.67. The molecule has 0 spiro atoms. The molecule has 0 aromatic carbocycles. The second-order valence-corrected chi connectivity index (χ2v) is 4.67. The standard InChI is InChI=1S/C9H21BF3N2/c1-9(2)7-15(6-5-14(3)4)8-10(11,12)13/h9H,5-8H2,1-4H3/q-1. The van der Waals surface area contributed by atoms with Crippen molar-refractivity contribution in [2.45, 2.75) is 13.8 Å². The SMILES string of the molecule is CC(C)CN(CCN(C)C)C[B-](F)(F)F. The summed E-state index contributed by atoms with van der Waals surface area (Å²) in [7, 11) is 3.73. The van der Waals surface area contributed by atoms with Crippen LogP contribution in [0.3, 0.4) is 0 Å². The van der Waals surface area contributed by atoms with Crippen LogP contribution in [0.1, 0.15) is 13.8 Å². The number of rotatable bonds is 7. The van der Waals surface area contributed by atoms with Crippen LogP contribution in [0, 0.1) is 5.92 Å². The first-order valence-corrected chi connectivity index (χ1v) is 5.29. The third kappa shape index (κ3) is 10.1. The fraction of sp³-hybridized carbons (Fsp3) is 1.00. The van der Waals surface area contributed by atoms with Crippen LogP contribution >= 0.6 is 0 Å². The van der Waals surface area contributed by atoms with E-state index in [0.29, 0.717) is 19.6 Å². The third-order valence-corrected chi connectivity index (χ3v) is 1.95. The predicted octanol–water partition coefficient (Wildman–Crippen LogP) is 1.89. The van der Waals surface area contributed by atoms with E-state index in [1.54, 1.807) is 0 Å². The smallest absolute Gasteiger partial charge is 0.448 e. The Kier molecular flexibility index (Phi) is 6.28. The zero-order chi connectivity index (χ0) is 12.1. The molecule has 2 nitrogen and oxygen atoms in total. The summed E-state index contributed by atoms with van der Waals surface area (Å²) in [6.45, 7) is 0.820. The van der Waals surface area contributed by atoms with Crippen molar-refractivity contribution < 1.29 is 12.9 Å². The second kappa shape index (κ2) is 6.38. The van der Waals surface area contributed by atoms with Crippen molar-refractivity contribution in [3.63, 3.8) is 0 Å². The van der Waals surface area contributed by atoms with Gasteiger partial charge in [-0.1, -0.05) is 13.8 Å². The molecule has 0 saturated heterocycles. The van der Waals surface area contributed by atoms with Gasteiger partial charge in [0.25, 0.3) is 0 Å². The van der Waals surface area contributed by atoms with Gasteiger partial charge >= 0.3 is 6.98 Å². The number of likely N-dealkylation sites (N-methyl/N-ethyl adjacent to an activating group) is 1. The lowest BCUT2D eigenvalue weighted by Crippen LogP contribution is -2.42. The Morgan fingerprint density at radius 2 is 1.60 bits per heavy atom. The summed E-state index contributed by atoms with van der Waals surface area (Å²) < 4.78 is 36.9. The van der Waals surface area contributed by atoms with E-state index in [4.69, 9.17) is 0 Å². The minimum absolute atomic E-state index is 0.269. The van der Waals surface area contributed by atoms with Crippen molar-refractivity contribution in [1.29, 1.82) is 0 Å². The first kappa shape index (κ1) is 14.8. The third-order valence-electron chi connectivity index (χ3n) is 1.95. The van der Waals surface area contributed by atoms with Crippen LogP contribution in [0.2, 0.25) is 0 Å². The Hall–Kier alpha value is -0.225. The summed E-state index contributed by atoms with van der Waals surface area (Å²) in [4.78, 5) is 3.39. The molecule has 0 aliphatic heterocycles. The maximum Gasteiger partial charge on any atom is 0.492 e.